The molecule has 0 saturated carbocycles. The third kappa shape index (κ3) is 3.24. The van der Waals surface area contributed by atoms with Gasteiger partial charge < -0.3 is 9.30 Å². The van der Waals surface area contributed by atoms with Crippen molar-refractivity contribution in [3.8, 4) is 0 Å². The van der Waals surface area contributed by atoms with Crippen molar-refractivity contribution in [2.24, 2.45) is 5.92 Å². The predicted octanol–water partition coefficient (Wildman–Crippen LogP) is 3.32. The van der Waals surface area contributed by atoms with Crippen molar-refractivity contribution in [2.75, 3.05) is 13.1 Å². The van der Waals surface area contributed by atoms with Gasteiger partial charge in [-0.05, 0) is 48.6 Å². The average molecular weight is 341 g/mol. The molecule has 1 saturated heterocycles. The van der Waals surface area contributed by atoms with E-state index in [4.69, 9.17) is 0 Å². The van der Waals surface area contributed by atoms with Gasteiger partial charge >= 0.3 is 0 Å². The van der Waals surface area contributed by atoms with Crippen molar-refractivity contribution in [2.45, 2.75) is 12.8 Å². The molecule has 0 aliphatic carbocycles. The summed E-state index contributed by atoms with van der Waals surface area (Å²) in [5, 5.41) is 0. The molecule has 3 heterocycles. The van der Waals surface area contributed by atoms with Gasteiger partial charge in [-0.3, -0.25) is 4.79 Å². The minimum atomic E-state index is -0.564. The number of hydrogen-bond donors (Lipinski definition) is 0. The molecule has 128 valence electrons. The second-order valence-electron chi connectivity index (χ2n) is 6.48. The van der Waals surface area contributed by atoms with Crippen LogP contribution in [0.2, 0.25) is 0 Å². The third-order valence-electron chi connectivity index (χ3n) is 4.60. The van der Waals surface area contributed by atoms with Crippen molar-refractivity contribution >= 4 is 11.6 Å². The second-order valence-corrected chi connectivity index (χ2v) is 6.48. The first-order chi connectivity index (χ1) is 12.1. The van der Waals surface area contributed by atoms with E-state index in [-0.39, 0.29) is 11.8 Å². The van der Waals surface area contributed by atoms with Crippen LogP contribution >= 0.6 is 0 Å². The van der Waals surface area contributed by atoms with Crippen LogP contribution in [0.5, 0.6) is 0 Å². The number of rotatable bonds is 3. The Kier molecular flexibility index (Phi) is 3.95. The van der Waals surface area contributed by atoms with Crippen LogP contribution in [-0.4, -0.2) is 33.3 Å². The number of benzene rings is 1. The van der Waals surface area contributed by atoms with E-state index in [9.17, 15) is 13.6 Å². The number of hydrogen-bond acceptors (Lipinski definition) is 2. The summed E-state index contributed by atoms with van der Waals surface area (Å²) in [6, 6.07) is 9.19. The lowest BCUT2D eigenvalue weighted by Crippen LogP contribution is -2.29. The number of aromatic nitrogens is 2. The van der Waals surface area contributed by atoms with Crippen LogP contribution in [0, 0.1) is 17.6 Å². The summed E-state index contributed by atoms with van der Waals surface area (Å²) in [6.07, 6.45) is 4.96. The molecule has 1 atom stereocenters. The number of pyridine rings is 1. The van der Waals surface area contributed by atoms with E-state index in [0.717, 1.165) is 18.1 Å². The number of carbonyl (C=O) groups is 1. The fourth-order valence-electron chi connectivity index (χ4n) is 3.45. The normalized spacial score (nSPS) is 17.4. The van der Waals surface area contributed by atoms with Crippen LogP contribution in [0.15, 0.2) is 48.8 Å². The van der Waals surface area contributed by atoms with E-state index in [0.29, 0.717) is 30.8 Å². The Hall–Kier alpha value is -2.76. The number of nitrogens with zero attached hydrogens (tertiary/aromatic N) is 3. The number of amides is 1. The Morgan fingerprint density at radius 3 is 2.76 bits per heavy atom. The maximum atomic E-state index is 13.3. The maximum absolute atomic E-state index is 13.3. The standard InChI is InChI=1S/C19H17F2N3O/c20-15-8-14(9-16(21)10-15)7-13-4-6-24(11-13)19(25)17-12-23-5-2-1-3-18(23)22-17/h1-3,5,8-10,12-13H,4,6-7,11H2. The molecule has 1 aliphatic rings. The SMILES string of the molecule is O=C(c1cn2ccccc2n1)N1CCC(Cc2cc(F)cc(F)c2)C1. The van der Waals surface area contributed by atoms with Gasteiger partial charge in [-0.2, -0.15) is 0 Å². The minimum Gasteiger partial charge on any atom is -0.337 e. The van der Waals surface area contributed by atoms with E-state index in [1.54, 1.807) is 11.1 Å². The number of fused-ring (bicyclic) bond motifs is 1. The second kappa shape index (κ2) is 6.27. The van der Waals surface area contributed by atoms with Crippen LogP contribution in [0.25, 0.3) is 5.65 Å². The average Bonchev–Trinajstić information content (AvgIpc) is 3.19. The van der Waals surface area contributed by atoms with Crippen molar-refractivity contribution in [1.82, 2.24) is 14.3 Å². The third-order valence-corrected chi connectivity index (χ3v) is 4.60. The van der Waals surface area contributed by atoms with Gasteiger partial charge in [-0.25, -0.2) is 13.8 Å². The molecule has 2 aromatic heterocycles. The minimum absolute atomic E-state index is 0.100. The van der Waals surface area contributed by atoms with E-state index in [1.165, 1.54) is 12.1 Å². The van der Waals surface area contributed by atoms with E-state index in [1.807, 2.05) is 28.8 Å². The van der Waals surface area contributed by atoms with E-state index < -0.39 is 11.6 Å². The molecular formula is C19H17F2N3O. The molecule has 0 bridgehead atoms. The molecule has 1 unspecified atom stereocenters. The highest BCUT2D eigenvalue weighted by molar-refractivity contribution is 5.93. The molecule has 1 aliphatic heterocycles. The monoisotopic (exact) mass is 341 g/mol. The molecule has 6 heteroatoms. The lowest BCUT2D eigenvalue weighted by Gasteiger charge is -2.15. The molecule has 1 fully saturated rings. The predicted molar refractivity (Wildman–Crippen MR) is 89.3 cm³/mol. The Morgan fingerprint density at radius 1 is 1.20 bits per heavy atom. The van der Waals surface area contributed by atoms with Crippen molar-refractivity contribution < 1.29 is 13.6 Å². The number of imidazole rings is 1. The lowest BCUT2D eigenvalue weighted by molar-refractivity contribution is 0.0782. The van der Waals surface area contributed by atoms with Gasteiger partial charge in [0.25, 0.3) is 5.91 Å². The molecule has 3 aromatic rings. The summed E-state index contributed by atoms with van der Waals surface area (Å²) in [5.41, 5.74) is 1.78. The first kappa shape index (κ1) is 15.7. The van der Waals surface area contributed by atoms with Gasteiger partial charge in [0.1, 0.15) is 23.0 Å². The van der Waals surface area contributed by atoms with Gasteiger partial charge in [-0.1, -0.05) is 6.07 Å². The number of halogens is 2. The summed E-state index contributed by atoms with van der Waals surface area (Å²) in [5.74, 6) is -1.03. The largest absolute Gasteiger partial charge is 0.337 e. The van der Waals surface area contributed by atoms with Gasteiger partial charge in [0, 0.05) is 31.5 Å². The molecule has 4 nitrogen and oxygen atoms in total. The zero-order chi connectivity index (χ0) is 17.4. The first-order valence-electron chi connectivity index (χ1n) is 8.26. The van der Waals surface area contributed by atoms with Crippen molar-refractivity contribution in [3.05, 3.63) is 71.7 Å². The highest BCUT2D eigenvalue weighted by Crippen LogP contribution is 2.23. The highest BCUT2D eigenvalue weighted by Gasteiger charge is 2.28. The molecule has 25 heavy (non-hydrogen) atoms. The fraction of sp³-hybridized carbons (Fsp3) is 0.263. The van der Waals surface area contributed by atoms with Gasteiger partial charge in [-0.15, -0.1) is 0 Å². The first-order valence-corrected chi connectivity index (χ1v) is 8.26. The molecule has 1 aromatic carbocycles. The van der Waals surface area contributed by atoms with Crippen molar-refractivity contribution in [1.29, 1.82) is 0 Å². The topological polar surface area (TPSA) is 37.6 Å². The summed E-state index contributed by atoms with van der Waals surface area (Å²) in [4.78, 5) is 18.8. The number of likely N-dealkylation sites (tertiary alicyclic amines) is 1. The Bertz CT molecular complexity index is 884. The Labute approximate surface area is 143 Å². The van der Waals surface area contributed by atoms with Crippen LogP contribution in [0.3, 0.4) is 0 Å². The van der Waals surface area contributed by atoms with Crippen LogP contribution in [0.1, 0.15) is 22.5 Å². The van der Waals surface area contributed by atoms with Gasteiger partial charge in [0.2, 0.25) is 0 Å². The number of carbonyl (C=O) groups excluding carboxylic acids is 1. The molecule has 0 radical (unpaired) electrons. The molecule has 0 N–H and O–H groups in total. The van der Waals surface area contributed by atoms with Crippen LogP contribution < -0.4 is 0 Å². The van der Waals surface area contributed by atoms with Crippen molar-refractivity contribution in [3.63, 3.8) is 0 Å². The van der Waals surface area contributed by atoms with E-state index >= 15 is 0 Å². The Balaban J connectivity index is 1.45. The van der Waals surface area contributed by atoms with Crippen LogP contribution in [-0.2, 0) is 6.42 Å². The quantitative estimate of drug-likeness (QED) is 0.733. The zero-order valence-electron chi connectivity index (χ0n) is 13.5. The van der Waals surface area contributed by atoms with E-state index in [2.05, 4.69) is 4.98 Å². The molecule has 4 rings (SSSR count). The summed E-state index contributed by atoms with van der Waals surface area (Å²) >= 11 is 0. The van der Waals surface area contributed by atoms with Gasteiger partial charge in [0.05, 0.1) is 0 Å². The molecular weight excluding hydrogens is 324 g/mol. The summed E-state index contributed by atoms with van der Waals surface area (Å²) in [7, 11) is 0. The zero-order valence-corrected chi connectivity index (χ0v) is 13.5. The maximum Gasteiger partial charge on any atom is 0.274 e. The molecule has 0 spiro atoms. The fourth-order valence-corrected chi connectivity index (χ4v) is 3.45. The Morgan fingerprint density at radius 2 is 2.00 bits per heavy atom. The van der Waals surface area contributed by atoms with Crippen LogP contribution in [0.4, 0.5) is 8.78 Å². The smallest absolute Gasteiger partial charge is 0.274 e. The highest BCUT2D eigenvalue weighted by atomic mass is 19.1. The van der Waals surface area contributed by atoms with Gasteiger partial charge in [0.15, 0.2) is 0 Å². The molecule has 1 amide bonds. The summed E-state index contributed by atoms with van der Waals surface area (Å²) in [6.45, 7) is 1.21. The summed E-state index contributed by atoms with van der Waals surface area (Å²) < 4.78 is 28.4. The lowest BCUT2D eigenvalue weighted by atomic mass is 9.98.